The molecule has 0 atom stereocenters. The van der Waals surface area contributed by atoms with Crippen LogP contribution in [0.3, 0.4) is 0 Å². The van der Waals surface area contributed by atoms with Gasteiger partial charge in [0.25, 0.3) is 0 Å². The summed E-state index contributed by atoms with van der Waals surface area (Å²) < 4.78 is 46.0. The smallest absolute Gasteiger partial charge is 0.465 e. The largest absolute Gasteiger partial charge is 0.573 e. The first-order chi connectivity index (χ1) is 14.1. The molecule has 0 spiro atoms. The van der Waals surface area contributed by atoms with Crippen molar-refractivity contribution >= 4 is 22.8 Å². The molecule has 0 saturated carbocycles. The second kappa shape index (κ2) is 8.17. The summed E-state index contributed by atoms with van der Waals surface area (Å²) in [6, 6.07) is 10.4. The van der Waals surface area contributed by atoms with Crippen molar-refractivity contribution in [1.29, 1.82) is 0 Å². The topological polar surface area (TPSA) is 64.6 Å². The minimum atomic E-state index is -4.76. The lowest BCUT2D eigenvalue weighted by Gasteiger charge is -2.25. The number of halogens is 3. The Morgan fingerprint density at radius 3 is 2.27 bits per heavy atom. The minimum absolute atomic E-state index is 0.0760. The highest BCUT2D eigenvalue weighted by atomic mass is 19.4. The van der Waals surface area contributed by atoms with E-state index in [1.165, 1.54) is 31.4 Å². The van der Waals surface area contributed by atoms with E-state index in [9.17, 15) is 18.0 Å². The van der Waals surface area contributed by atoms with Gasteiger partial charge in [0.15, 0.2) is 5.82 Å². The number of methoxy groups -OCH3 is 1. The molecule has 158 valence electrons. The molecule has 1 aromatic heterocycles. The SMILES string of the molecule is COC(=O)c1ccc2nc(-c3ccc(OC(F)(F)F)cc3)c(N(C)C(C)C)nc2c1. The zero-order valence-electron chi connectivity index (χ0n) is 16.8. The molecular formula is C21H20F3N3O3. The van der Waals surface area contributed by atoms with E-state index < -0.39 is 12.3 Å². The number of benzene rings is 2. The molecular weight excluding hydrogens is 399 g/mol. The number of carbonyl (C=O) groups is 1. The third-order valence-electron chi connectivity index (χ3n) is 4.54. The fraction of sp³-hybridized carbons (Fsp3) is 0.286. The lowest BCUT2D eigenvalue weighted by molar-refractivity contribution is -0.274. The van der Waals surface area contributed by atoms with Gasteiger partial charge in [0, 0.05) is 18.7 Å². The Balaban J connectivity index is 2.12. The van der Waals surface area contributed by atoms with Gasteiger partial charge in [0.2, 0.25) is 0 Å². The fourth-order valence-corrected chi connectivity index (χ4v) is 2.79. The third kappa shape index (κ3) is 4.61. The summed E-state index contributed by atoms with van der Waals surface area (Å²) in [5.74, 6) is -0.271. The van der Waals surface area contributed by atoms with Crippen LogP contribution in [0, 0.1) is 0 Å². The number of alkyl halides is 3. The summed E-state index contributed by atoms with van der Waals surface area (Å²) in [6.45, 7) is 3.95. The Labute approximate surface area is 171 Å². The monoisotopic (exact) mass is 419 g/mol. The standard InChI is InChI=1S/C21H20F3N3O3/c1-12(2)27(3)19-18(13-5-8-15(9-6-13)30-21(22,23)24)25-16-10-7-14(20(28)29-4)11-17(16)26-19/h5-12H,1-4H3. The Kier molecular flexibility index (Phi) is 5.82. The van der Waals surface area contributed by atoms with Crippen LogP contribution in [0.1, 0.15) is 24.2 Å². The average Bonchev–Trinajstić information content (AvgIpc) is 2.70. The van der Waals surface area contributed by atoms with Gasteiger partial charge >= 0.3 is 12.3 Å². The minimum Gasteiger partial charge on any atom is -0.465 e. The summed E-state index contributed by atoms with van der Waals surface area (Å²) in [5.41, 5.74) is 2.47. The molecule has 6 nitrogen and oxygen atoms in total. The molecule has 0 aliphatic rings. The number of esters is 1. The van der Waals surface area contributed by atoms with Crippen LogP contribution < -0.4 is 9.64 Å². The van der Waals surface area contributed by atoms with E-state index in [2.05, 4.69) is 14.7 Å². The number of ether oxygens (including phenoxy) is 2. The maximum Gasteiger partial charge on any atom is 0.573 e. The van der Waals surface area contributed by atoms with Crippen LogP contribution in [0.4, 0.5) is 19.0 Å². The lowest BCUT2D eigenvalue weighted by atomic mass is 10.1. The average molecular weight is 419 g/mol. The molecule has 3 rings (SSSR count). The molecule has 0 saturated heterocycles. The Morgan fingerprint density at radius 2 is 1.70 bits per heavy atom. The number of rotatable bonds is 5. The maximum atomic E-state index is 12.4. The van der Waals surface area contributed by atoms with Crippen molar-refractivity contribution in [2.45, 2.75) is 26.3 Å². The Morgan fingerprint density at radius 1 is 1.03 bits per heavy atom. The number of aromatic nitrogens is 2. The van der Waals surface area contributed by atoms with Crippen molar-refractivity contribution in [3.63, 3.8) is 0 Å². The van der Waals surface area contributed by atoms with Gasteiger partial charge in [-0.3, -0.25) is 0 Å². The molecule has 1 heterocycles. The van der Waals surface area contributed by atoms with Crippen LogP contribution in [0.25, 0.3) is 22.3 Å². The predicted molar refractivity (Wildman–Crippen MR) is 107 cm³/mol. The molecule has 0 bridgehead atoms. The molecule has 2 aromatic carbocycles. The molecule has 0 radical (unpaired) electrons. The van der Waals surface area contributed by atoms with E-state index in [1.807, 2.05) is 25.8 Å². The van der Waals surface area contributed by atoms with Gasteiger partial charge in [0.05, 0.1) is 23.7 Å². The van der Waals surface area contributed by atoms with Crippen molar-refractivity contribution in [1.82, 2.24) is 9.97 Å². The number of anilines is 1. The van der Waals surface area contributed by atoms with Gasteiger partial charge in [0.1, 0.15) is 11.4 Å². The number of hydrogen-bond donors (Lipinski definition) is 0. The van der Waals surface area contributed by atoms with Gasteiger partial charge in [-0.05, 0) is 56.3 Å². The first-order valence-electron chi connectivity index (χ1n) is 9.08. The molecule has 0 N–H and O–H groups in total. The van der Waals surface area contributed by atoms with Crippen LogP contribution in [0.2, 0.25) is 0 Å². The number of nitrogens with zero attached hydrogens (tertiary/aromatic N) is 3. The van der Waals surface area contributed by atoms with E-state index in [1.54, 1.807) is 18.2 Å². The highest BCUT2D eigenvalue weighted by Crippen LogP contribution is 2.32. The van der Waals surface area contributed by atoms with Crippen LogP contribution in [0.5, 0.6) is 5.75 Å². The van der Waals surface area contributed by atoms with E-state index in [0.29, 0.717) is 33.7 Å². The van der Waals surface area contributed by atoms with Crippen LogP contribution in [-0.2, 0) is 4.74 Å². The van der Waals surface area contributed by atoms with E-state index in [0.717, 1.165) is 0 Å². The third-order valence-corrected chi connectivity index (χ3v) is 4.54. The molecule has 30 heavy (non-hydrogen) atoms. The van der Waals surface area contributed by atoms with Crippen LogP contribution in [-0.4, -0.2) is 42.5 Å². The quantitative estimate of drug-likeness (QED) is 0.552. The summed E-state index contributed by atoms with van der Waals surface area (Å²) >= 11 is 0. The van der Waals surface area contributed by atoms with Crippen molar-refractivity contribution < 1.29 is 27.4 Å². The van der Waals surface area contributed by atoms with Crippen molar-refractivity contribution in [2.24, 2.45) is 0 Å². The summed E-state index contributed by atoms with van der Waals surface area (Å²) in [6.07, 6.45) is -4.76. The van der Waals surface area contributed by atoms with Crippen LogP contribution in [0.15, 0.2) is 42.5 Å². The maximum absolute atomic E-state index is 12.4. The Bertz CT molecular complexity index is 1070. The molecule has 0 unspecified atom stereocenters. The van der Waals surface area contributed by atoms with Crippen molar-refractivity contribution in [3.05, 3.63) is 48.0 Å². The number of fused-ring (bicyclic) bond motifs is 1. The zero-order valence-corrected chi connectivity index (χ0v) is 16.8. The first-order valence-corrected chi connectivity index (χ1v) is 9.08. The lowest BCUT2D eigenvalue weighted by Crippen LogP contribution is -2.27. The van der Waals surface area contributed by atoms with E-state index in [4.69, 9.17) is 4.74 Å². The highest BCUT2D eigenvalue weighted by Gasteiger charge is 2.31. The van der Waals surface area contributed by atoms with Crippen LogP contribution >= 0.6 is 0 Å². The molecule has 0 aliphatic heterocycles. The van der Waals surface area contributed by atoms with Crippen molar-refractivity contribution in [2.75, 3.05) is 19.1 Å². The zero-order chi connectivity index (χ0) is 22.1. The van der Waals surface area contributed by atoms with Gasteiger partial charge in [-0.2, -0.15) is 0 Å². The van der Waals surface area contributed by atoms with Gasteiger partial charge in [-0.25, -0.2) is 14.8 Å². The number of carbonyl (C=O) groups excluding carboxylic acids is 1. The molecule has 0 amide bonds. The summed E-state index contributed by atoms with van der Waals surface area (Å²) in [7, 11) is 3.14. The van der Waals surface area contributed by atoms with Gasteiger partial charge < -0.3 is 14.4 Å². The second-order valence-corrected chi connectivity index (χ2v) is 6.87. The molecule has 0 aliphatic carbocycles. The highest BCUT2D eigenvalue weighted by molar-refractivity contribution is 5.94. The molecule has 3 aromatic rings. The van der Waals surface area contributed by atoms with Gasteiger partial charge in [-0.1, -0.05) is 0 Å². The Hall–Kier alpha value is -3.36. The summed E-state index contributed by atoms with van der Waals surface area (Å²) in [5, 5.41) is 0. The van der Waals surface area contributed by atoms with E-state index in [-0.39, 0.29) is 11.8 Å². The molecule has 0 fully saturated rings. The second-order valence-electron chi connectivity index (χ2n) is 6.87. The van der Waals surface area contributed by atoms with E-state index >= 15 is 0 Å². The summed E-state index contributed by atoms with van der Waals surface area (Å²) in [4.78, 5) is 23.1. The number of hydrogen-bond acceptors (Lipinski definition) is 6. The predicted octanol–water partition coefficient (Wildman–Crippen LogP) is 4.83. The normalized spacial score (nSPS) is 11.6. The van der Waals surface area contributed by atoms with Gasteiger partial charge in [-0.15, -0.1) is 13.2 Å². The molecule has 9 heteroatoms. The first kappa shape index (κ1) is 21.4. The fourth-order valence-electron chi connectivity index (χ4n) is 2.79. The van der Waals surface area contributed by atoms with Crippen molar-refractivity contribution in [3.8, 4) is 17.0 Å².